The molecule has 4 atom stereocenters. The smallest absolute Gasteiger partial charge is 0.171 e. The summed E-state index contributed by atoms with van der Waals surface area (Å²) >= 11 is 13.8. The molecule has 3 N–H and O–H groups in total. The Balaban J connectivity index is 1.71. The van der Waals surface area contributed by atoms with Crippen molar-refractivity contribution >= 4 is 46.0 Å². The number of nitrogens with zero attached hydrogens (tertiary/aromatic N) is 2. The molecule has 1 aliphatic rings. The average Bonchev–Trinajstić information content (AvgIpc) is 3.23. The van der Waals surface area contributed by atoms with Gasteiger partial charge in [-0.2, -0.15) is 0 Å². The van der Waals surface area contributed by atoms with Crippen molar-refractivity contribution < 1.29 is 24.8 Å². The standard InChI is InChI=1S/C20H20Cl2N2O5S/c1-28-11-4-2-10(3-5-11)9-30-20-23-14-6-12(21)13(22)7-15(14)24(20)19-18(27)17(26)16(8-25)29-19/h2-7,16-19,25-27H,8-9H2,1H3/t16-,17-,18-,19-/m1/s1. The van der Waals surface area contributed by atoms with Crippen LogP contribution in [0.2, 0.25) is 10.0 Å². The number of benzene rings is 2. The van der Waals surface area contributed by atoms with E-state index in [0.717, 1.165) is 11.3 Å². The van der Waals surface area contributed by atoms with Gasteiger partial charge in [-0.1, -0.05) is 47.1 Å². The van der Waals surface area contributed by atoms with E-state index < -0.39 is 31.1 Å². The first-order valence-electron chi connectivity index (χ1n) is 9.18. The highest BCUT2D eigenvalue weighted by Crippen LogP contribution is 2.39. The predicted octanol–water partition coefficient (Wildman–Crippen LogP) is 3.26. The number of halogens is 2. The highest BCUT2D eigenvalue weighted by molar-refractivity contribution is 7.98. The zero-order chi connectivity index (χ0) is 21.4. The monoisotopic (exact) mass is 470 g/mol. The van der Waals surface area contributed by atoms with Crippen LogP contribution < -0.4 is 4.74 Å². The van der Waals surface area contributed by atoms with Gasteiger partial charge in [0.25, 0.3) is 0 Å². The second-order valence-corrected chi connectivity index (χ2v) is 8.64. The van der Waals surface area contributed by atoms with Crippen LogP contribution in [0.4, 0.5) is 0 Å². The number of hydrogen-bond acceptors (Lipinski definition) is 7. The number of hydrogen-bond donors (Lipinski definition) is 3. The Morgan fingerprint density at radius 2 is 1.83 bits per heavy atom. The van der Waals surface area contributed by atoms with Crippen LogP contribution >= 0.6 is 35.0 Å². The molecule has 0 radical (unpaired) electrons. The van der Waals surface area contributed by atoms with Crippen molar-refractivity contribution in [2.45, 2.75) is 35.4 Å². The van der Waals surface area contributed by atoms with E-state index >= 15 is 0 Å². The Morgan fingerprint density at radius 3 is 2.47 bits per heavy atom. The summed E-state index contributed by atoms with van der Waals surface area (Å²) in [6.45, 7) is -0.414. The summed E-state index contributed by atoms with van der Waals surface area (Å²) in [7, 11) is 1.61. The van der Waals surface area contributed by atoms with Crippen LogP contribution in [0.25, 0.3) is 11.0 Å². The van der Waals surface area contributed by atoms with Gasteiger partial charge < -0.3 is 24.8 Å². The molecule has 0 amide bonds. The minimum absolute atomic E-state index is 0.337. The second-order valence-electron chi connectivity index (χ2n) is 6.89. The van der Waals surface area contributed by atoms with Gasteiger partial charge in [-0.15, -0.1) is 0 Å². The van der Waals surface area contributed by atoms with Crippen molar-refractivity contribution in [3.05, 3.63) is 52.0 Å². The van der Waals surface area contributed by atoms with Gasteiger partial charge in [0, 0.05) is 5.75 Å². The molecule has 1 aromatic heterocycles. The number of methoxy groups -OCH3 is 1. The van der Waals surface area contributed by atoms with E-state index in [4.69, 9.17) is 32.7 Å². The van der Waals surface area contributed by atoms with Crippen molar-refractivity contribution in [2.75, 3.05) is 13.7 Å². The Morgan fingerprint density at radius 1 is 1.13 bits per heavy atom. The zero-order valence-corrected chi connectivity index (χ0v) is 18.2. The normalized spacial score (nSPS) is 23.9. The van der Waals surface area contributed by atoms with Crippen LogP contribution in [0.5, 0.6) is 5.75 Å². The highest BCUT2D eigenvalue weighted by atomic mass is 35.5. The highest BCUT2D eigenvalue weighted by Gasteiger charge is 2.44. The zero-order valence-electron chi connectivity index (χ0n) is 15.9. The van der Waals surface area contributed by atoms with E-state index in [1.165, 1.54) is 11.8 Å². The number of aliphatic hydroxyl groups is 3. The van der Waals surface area contributed by atoms with Gasteiger partial charge in [0.1, 0.15) is 24.1 Å². The third kappa shape index (κ3) is 4.01. The Hall–Kier alpha value is -1.52. The number of rotatable bonds is 6. The lowest BCUT2D eigenvalue weighted by atomic mass is 10.1. The van der Waals surface area contributed by atoms with Crippen LogP contribution in [0, 0.1) is 0 Å². The first-order chi connectivity index (χ1) is 14.4. The van der Waals surface area contributed by atoms with Crippen molar-refractivity contribution in [3.63, 3.8) is 0 Å². The first-order valence-corrected chi connectivity index (χ1v) is 10.9. The van der Waals surface area contributed by atoms with Crippen molar-refractivity contribution in [1.29, 1.82) is 0 Å². The topological polar surface area (TPSA) is 97.0 Å². The fraction of sp³-hybridized carbons (Fsp3) is 0.350. The molecular weight excluding hydrogens is 451 g/mol. The van der Waals surface area contributed by atoms with Gasteiger partial charge >= 0.3 is 0 Å². The molecule has 2 heterocycles. The predicted molar refractivity (Wildman–Crippen MR) is 115 cm³/mol. The summed E-state index contributed by atoms with van der Waals surface area (Å²) in [5.41, 5.74) is 2.24. The summed E-state index contributed by atoms with van der Waals surface area (Å²) < 4.78 is 12.6. The summed E-state index contributed by atoms with van der Waals surface area (Å²) in [6.07, 6.45) is -4.29. The molecule has 0 aliphatic carbocycles. The van der Waals surface area contributed by atoms with Gasteiger partial charge in [0.05, 0.1) is 34.8 Å². The maximum atomic E-state index is 10.6. The summed E-state index contributed by atoms with van der Waals surface area (Å²) in [5, 5.41) is 31.5. The van der Waals surface area contributed by atoms with E-state index in [2.05, 4.69) is 4.98 Å². The van der Waals surface area contributed by atoms with Gasteiger partial charge in [-0.05, 0) is 29.8 Å². The molecule has 0 spiro atoms. The lowest BCUT2D eigenvalue weighted by Crippen LogP contribution is -2.33. The molecule has 0 bridgehead atoms. The number of aliphatic hydroxyl groups excluding tert-OH is 3. The third-order valence-corrected chi connectivity index (χ3v) is 6.74. The number of ether oxygens (including phenoxy) is 2. The molecule has 0 unspecified atom stereocenters. The lowest BCUT2D eigenvalue weighted by molar-refractivity contribution is -0.0546. The quantitative estimate of drug-likeness (QED) is 0.475. The van der Waals surface area contributed by atoms with E-state index in [0.29, 0.717) is 32.0 Å². The number of fused-ring (bicyclic) bond motifs is 1. The van der Waals surface area contributed by atoms with Crippen molar-refractivity contribution in [2.24, 2.45) is 0 Å². The molecule has 3 aromatic rings. The SMILES string of the molecule is COc1ccc(CSc2nc3cc(Cl)c(Cl)cc3n2[C@@H]2O[C@H](CO)[C@@H](O)[C@H]2O)cc1. The molecule has 4 rings (SSSR count). The molecule has 30 heavy (non-hydrogen) atoms. The minimum Gasteiger partial charge on any atom is -0.497 e. The minimum atomic E-state index is -1.24. The van der Waals surface area contributed by atoms with Crippen LogP contribution in [0.1, 0.15) is 11.8 Å². The third-order valence-electron chi connectivity index (χ3n) is 5.00. The molecule has 7 nitrogen and oxygen atoms in total. The average molecular weight is 471 g/mol. The fourth-order valence-corrected chi connectivity index (χ4v) is 4.69. The molecule has 1 saturated heterocycles. The maximum absolute atomic E-state index is 10.6. The van der Waals surface area contributed by atoms with Crippen LogP contribution in [0.3, 0.4) is 0 Å². The van der Waals surface area contributed by atoms with E-state index in [1.54, 1.807) is 23.8 Å². The fourth-order valence-electron chi connectivity index (χ4n) is 3.38. The van der Waals surface area contributed by atoms with Crippen LogP contribution in [-0.2, 0) is 10.5 Å². The molecule has 1 aliphatic heterocycles. The molecule has 1 fully saturated rings. The second kappa shape index (κ2) is 8.92. The molecular formula is C20H20Cl2N2O5S. The van der Waals surface area contributed by atoms with Crippen LogP contribution in [-0.4, -0.2) is 56.9 Å². The van der Waals surface area contributed by atoms with Crippen LogP contribution in [0.15, 0.2) is 41.6 Å². The van der Waals surface area contributed by atoms with Gasteiger partial charge in [-0.3, -0.25) is 4.57 Å². The molecule has 2 aromatic carbocycles. The largest absolute Gasteiger partial charge is 0.497 e. The van der Waals surface area contributed by atoms with Crippen molar-refractivity contribution in [1.82, 2.24) is 9.55 Å². The number of thioether (sulfide) groups is 1. The summed E-state index contributed by atoms with van der Waals surface area (Å²) in [6, 6.07) is 11.0. The molecule has 0 saturated carbocycles. The summed E-state index contributed by atoms with van der Waals surface area (Å²) in [5.74, 6) is 1.37. The van der Waals surface area contributed by atoms with E-state index in [-0.39, 0.29) is 0 Å². The number of aromatic nitrogens is 2. The van der Waals surface area contributed by atoms with Gasteiger partial charge in [-0.25, -0.2) is 4.98 Å². The van der Waals surface area contributed by atoms with Crippen molar-refractivity contribution in [3.8, 4) is 5.75 Å². The summed E-state index contributed by atoms with van der Waals surface area (Å²) in [4.78, 5) is 4.64. The van der Waals surface area contributed by atoms with Gasteiger partial charge in [0.15, 0.2) is 11.4 Å². The first kappa shape index (κ1) is 21.7. The van der Waals surface area contributed by atoms with E-state index in [9.17, 15) is 15.3 Å². The molecule has 10 heteroatoms. The van der Waals surface area contributed by atoms with E-state index in [1.807, 2.05) is 24.3 Å². The lowest BCUT2D eigenvalue weighted by Gasteiger charge is -2.20. The maximum Gasteiger partial charge on any atom is 0.171 e. The number of imidazole rings is 1. The Bertz CT molecular complexity index is 1050. The Labute approximate surface area is 187 Å². The molecule has 160 valence electrons. The Kier molecular flexibility index (Phi) is 6.45. The van der Waals surface area contributed by atoms with Gasteiger partial charge in [0.2, 0.25) is 0 Å².